The lowest BCUT2D eigenvalue weighted by Gasteiger charge is -2.11. The number of aryl methyl sites for hydroxylation is 1. The number of imidazole rings is 1. The quantitative estimate of drug-likeness (QED) is 0.774. The highest BCUT2D eigenvalue weighted by atomic mass is 16.5. The SMILES string of the molecule is Cc1c(Oc2ccccc2)nc(NC(=O)C2CC2)c2[nH]cnc12. The maximum absolute atomic E-state index is 12.1. The minimum Gasteiger partial charge on any atom is -0.439 e. The van der Waals surface area contributed by atoms with E-state index in [1.54, 1.807) is 6.33 Å². The number of amides is 1. The highest BCUT2D eigenvalue weighted by Crippen LogP contribution is 2.34. The minimum atomic E-state index is 0.00270. The van der Waals surface area contributed by atoms with Crippen molar-refractivity contribution >= 4 is 22.8 Å². The summed E-state index contributed by atoms with van der Waals surface area (Å²) in [5.41, 5.74) is 2.29. The van der Waals surface area contributed by atoms with Crippen molar-refractivity contribution < 1.29 is 9.53 Å². The molecule has 0 atom stereocenters. The van der Waals surface area contributed by atoms with Crippen LogP contribution in [0.15, 0.2) is 36.7 Å². The summed E-state index contributed by atoms with van der Waals surface area (Å²) in [4.78, 5) is 23.9. The van der Waals surface area contributed by atoms with Gasteiger partial charge in [0.05, 0.1) is 6.33 Å². The lowest BCUT2D eigenvalue weighted by Crippen LogP contribution is -2.15. The van der Waals surface area contributed by atoms with Gasteiger partial charge in [-0.1, -0.05) is 18.2 Å². The third-order valence-electron chi connectivity index (χ3n) is 3.91. The van der Waals surface area contributed by atoms with E-state index >= 15 is 0 Å². The summed E-state index contributed by atoms with van der Waals surface area (Å²) in [6, 6.07) is 9.43. The number of para-hydroxylation sites is 1. The standard InChI is InChI=1S/C17H16N4O2/c1-10-13-14(19-9-18-13)15(20-16(22)11-7-8-11)21-17(10)23-12-5-3-2-4-6-12/h2-6,9,11H,7-8H2,1H3,(H,18,19)(H,20,21,22). The van der Waals surface area contributed by atoms with E-state index in [0.29, 0.717) is 17.4 Å². The van der Waals surface area contributed by atoms with Gasteiger partial charge in [-0.25, -0.2) is 4.98 Å². The average Bonchev–Trinajstić information content (AvgIpc) is 3.30. The van der Waals surface area contributed by atoms with Crippen LogP contribution in [-0.2, 0) is 4.79 Å². The molecule has 0 aliphatic heterocycles. The molecule has 0 unspecified atom stereocenters. The molecule has 4 rings (SSSR count). The van der Waals surface area contributed by atoms with Crippen LogP contribution in [0.2, 0.25) is 0 Å². The molecule has 23 heavy (non-hydrogen) atoms. The number of hydrogen-bond acceptors (Lipinski definition) is 4. The van der Waals surface area contributed by atoms with Crippen LogP contribution >= 0.6 is 0 Å². The summed E-state index contributed by atoms with van der Waals surface area (Å²) >= 11 is 0. The Morgan fingerprint density at radius 1 is 1.30 bits per heavy atom. The maximum atomic E-state index is 12.1. The van der Waals surface area contributed by atoms with Gasteiger partial charge in [0, 0.05) is 11.5 Å². The molecule has 2 heterocycles. The van der Waals surface area contributed by atoms with Crippen molar-refractivity contribution in [2.24, 2.45) is 5.92 Å². The smallest absolute Gasteiger partial charge is 0.228 e. The molecular formula is C17H16N4O2. The van der Waals surface area contributed by atoms with Crippen molar-refractivity contribution in [3.8, 4) is 11.6 Å². The number of aromatic nitrogens is 3. The molecule has 3 aromatic rings. The number of carbonyl (C=O) groups excluding carboxylic acids is 1. The molecule has 2 aromatic heterocycles. The van der Waals surface area contributed by atoms with Gasteiger partial charge in [0.1, 0.15) is 16.8 Å². The second-order valence-electron chi connectivity index (χ2n) is 5.70. The van der Waals surface area contributed by atoms with E-state index in [-0.39, 0.29) is 11.8 Å². The van der Waals surface area contributed by atoms with E-state index in [1.807, 2.05) is 37.3 Å². The molecule has 1 aliphatic rings. The molecule has 0 bridgehead atoms. The summed E-state index contributed by atoms with van der Waals surface area (Å²) < 4.78 is 5.87. The lowest BCUT2D eigenvalue weighted by atomic mass is 10.2. The summed E-state index contributed by atoms with van der Waals surface area (Å²) in [7, 11) is 0. The zero-order valence-electron chi connectivity index (χ0n) is 12.7. The van der Waals surface area contributed by atoms with Gasteiger partial charge in [-0.05, 0) is 31.9 Å². The summed E-state index contributed by atoms with van der Waals surface area (Å²) in [6.45, 7) is 1.90. The molecule has 6 nitrogen and oxygen atoms in total. The monoisotopic (exact) mass is 308 g/mol. The number of carbonyl (C=O) groups is 1. The molecule has 1 saturated carbocycles. The first kappa shape index (κ1) is 13.8. The number of ether oxygens (including phenoxy) is 1. The van der Waals surface area contributed by atoms with E-state index in [0.717, 1.165) is 29.4 Å². The third kappa shape index (κ3) is 2.63. The first-order valence-electron chi connectivity index (χ1n) is 7.60. The summed E-state index contributed by atoms with van der Waals surface area (Å²) in [5.74, 6) is 1.71. The third-order valence-corrected chi connectivity index (χ3v) is 3.91. The number of rotatable bonds is 4. The van der Waals surface area contributed by atoms with Gasteiger partial charge >= 0.3 is 0 Å². The molecule has 0 spiro atoms. The fourth-order valence-corrected chi connectivity index (χ4v) is 2.46. The molecule has 0 saturated heterocycles. The van der Waals surface area contributed by atoms with Gasteiger partial charge in [0.15, 0.2) is 5.82 Å². The average molecular weight is 308 g/mol. The zero-order valence-corrected chi connectivity index (χ0v) is 12.7. The Hall–Kier alpha value is -2.89. The van der Waals surface area contributed by atoms with Gasteiger partial charge in [0.2, 0.25) is 11.8 Å². The van der Waals surface area contributed by atoms with Crippen LogP contribution in [-0.4, -0.2) is 20.9 Å². The Bertz CT molecular complexity index is 869. The van der Waals surface area contributed by atoms with Crippen molar-refractivity contribution in [2.75, 3.05) is 5.32 Å². The van der Waals surface area contributed by atoms with Crippen LogP contribution in [0.4, 0.5) is 5.82 Å². The van der Waals surface area contributed by atoms with Crippen molar-refractivity contribution in [3.05, 3.63) is 42.2 Å². The number of anilines is 1. The van der Waals surface area contributed by atoms with Gasteiger partial charge in [-0.15, -0.1) is 0 Å². The van der Waals surface area contributed by atoms with Crippen LogP contribution in [0, 0.1) is 12.8 Å². The first-order valence-corrected chi connectivity index (χ1v) is 7.60. The number of nitrogens with zero attached hydrogens (tertiary/aromatic N) is 2. The van der Waals surface area contributed by atoms with Crippen molar-refractivity contribution in [1.29, 1.82) is 0 Å². The van der Waals surface area contributed by atoms with E-state index in [1.165, 1.54) is 0 Å². The maximum Gasteiger partial charge on any atom is 0.228 e. The Morgan fingerprint density at radius 3 is 2.83 bits per heavy atom. The second-order valence-corrected chi connectivity index (χ2v) is 5.70. The lowest BCUT2D eigenvalue weighted by molar-refractivity contribution is -0.117. The van der Waals surface area contributed by atoms with E-state index in [2.05, 4.69) is 20.3 Å². The Morgan fingerprint density at radius 2 is 2.09 bits per heavy atom. The normalized spacial score (nSPS) is 14.0. The molecule has 0 radical (unpaired) electrons. The molecule has 1 fully saturated rings. The van der Waals surface area contributed by atoms with Gasteiger partial charge in [-0.3, -0.25) is 4.79 Å². The number of hydrogen-bond donors (Lipinski definition) is 2. The summed E-state index contributed by atoms with van der Waals surface area (Å²) in [6.07, 6.45) is 3.48. The number of benzene rings is 1. The second kappa shape index (κ2) is 5.39. The Kier molecular flexibility index (Phi) is 3.22. The predicted octanol–water partition coefficient (Wildman–Crippen LogP) is 3.41. The summed E-state index contributed by atoms with van der Waals surface area (Å²) in [5, 5.41) is 2.89. The Balaban J connectivity index is 1.74. The van der Waals surface area contributed by atoms with Crippen LogP contribution in [0.5, 0.6) is 11.6 Å². The van der Waals surface area contributed by atoms with E-state index < -0.39 is 0 Å². The molecule has 1 aliphatic carbocycles. The van der Waals surface area contributed by atoms with E-state index in [9.17, 15) is 4.79 Å². The van der Waals surface area contributed by atoms with Crippen LogP contribution < -0.4 is 10.1 Å². The number of H-pyrrole nitrogens is 1. The van der Waals surface area contributed by atoms with Gasteiger partial charge in [0.25, 0.3) is 0 Å². The minimum absolute atomic E-state index is 0.00270. The largest absolute Gasteiger partial charge is 0.439 e. The molecule has 1 aromatic carbocycles. The van der Waals surface area contributed by atoms with Crippen molar-refractivity contribution in [3.63, 3.8) is 0 Å². The van der Waals surface area contributed by atoms with Crippen molar-refractivity contribution in [1.82, 2.24) is 15.0 Å². The topological polar surface area (TPSA) is 79.9 Å². The highest BCUT2D eigenvalue weighted by Gasteiger charge is 2.30. The van der Waals surface area contributed by atoms with Gasteiger partial charge < -0.3 is 15.0 Å². The fourth-order valence-electron chi connectivity index (χ4n) is 2.46. The van der Waals surface area contributed by atoms with Crippen LogP contribution in [0.3, 0.4) is 0 Å². The van der Waals surface area contributed by atoms with Crippen molar-refractivity contribution in [2.45, 2.75) is 19.8 Å². The number of fused-ring (bicyclic) bond motifs is 1. The fraction of sp³-hybridized carbons (Fsp3) is 0.235. The van der Waals surface area contributed by atoms with E-state index in [4.69, 9.17) is 4.74 Å². The number of nitrogens with one attached hydrogen (secondary N) is 2. The molecule has 2 N–H and O–H groups in total. The predicted molar refractivity (Wildman–Crippen MR) is 86.5 cm³/mol. The molecule has 1 amide bonds. The zero-order chi connectivity index (χ0) is 15.8. The number of pyridine rings is 1. The Labute approximate surface area is 132 Å². The first-order chi connectivity index (χ1) is 11.2. The van der Waals surface area contributed by atoms with Crippen LogP contribution in [0.1, 0.15) is 18.4 Å². The molecule has 6 heteroatoms. The van der Waals surface area contributed by atoms with Crippen LogP contribution in [0.25, 0.3) is 11.0 Å². The molecule has 116 valence electrons. The highest BCUT2D eigenvalue weighted by molar-refractivity contribution is 6.00. The van der Waals surface area contributed by atoms with Gasteiger partial charge in [-0.2, -0.15) is 4.98 Å². The molecular weight excluding hydrogens is 292 g/mol. The number of aromatic amines is 1.